The van der Waals surface area contributed by atoms with E-state index in [1.807, 2.05) is 0 Å². The lowest BCUT2D eigenvalue weighted by Crippen LogP contribution is -2.31. The minimum Gasteiger partial charge on any atom is -0.504 e. The molecule has 1 aromatic carbocycles. The number of aromatic nitrogens is 4. The molecule has 0 aliphatic heterocycles. The lowest BCUT2D eigenvalue weighted by Gasteiger charge is -2.03. The summed E-state index contributed by atoms with van der Waals surface area (Å²) >= 11 is 0. The fourth-order valence-corrected chi connectivity index (χ4v) is 2.31. The highest BCUT2D eigenvalue weighted by Gasteiger charge is 2.19. The molecule has 0 atom stereocenters. The number of hydrogen-bond acceptors (Lipinski definition) is 8. The summed E-state index contributed by atoms with van der Waals surface area (Å²) in [5, 5.41) is 21.8. The van der Waals surface area contributed by atoms with Crippen molar-refractivity contribution in [3.05, 3.63) is 51.8 Å². The first-order valence-corrected chi connectivity index (χ1v) is 7.84. The lowest BCUT2D eigenvalue weighted by atomic mass is 10.2. The molecular weight excluding hydrogens is 370 g/mol. The largest absolute Gasteiger partial charge is 0.504 e. The highest BCUT2D eigenvalue weighted by atomic mass is 16.5. The molecule has 0 radical (unpaired) electrons. The summed E-state index contributed by atoms with van der Waals surface area (Å²) in [4.78, 5) is 40.1. The third-order valence-electron chi connectivity index (χ3n) is 3.70. The van der Waals surface area contributed by atoms with Gasteiger partial charge < -0.3 is 15.2 Å². The highest BCUT2D eigenvalue weighted by molar-refractivity contribution is 5.98. The molecule has 2 aromatic heterocycles. The molecule has 0 saturated heterocycles. The highest BCUT2D eigenvalue weighted by Crippen LogP contribution is 2.25. The van der Waals surface area contributed by atoms with Gasteiger partial charge in [-0.1, -0.05) is 0 Å². The number of carbonyl (C=O) groups is 2. The molecule has 0 fully saturated rings. The third-order valence-corrected chi connectivity index (χ3v) is 3.70. The molecule has 4 N–H and O–H groups in total. The smallest absolute Gasteiger partial charge is 0.297 e. The van der Waals surface area contributed by atoms with Crippen LogP contribution >= 0.6 is 0 Å². The van der Waals surface area contributed by atoms with E-state index in [2.05, 4.69) is 31.0 Å². The Morgan fingerprint density at radius 2 is 2.11 bits per heavy atom. The molecule has 28 heavy (non-hydrogen) atoms. The summed E-state index contributed by atoms with van der Waals surface area (Å²) in [6.07, 6.45) is 2.41. The Morgan fingerprint density at radius 3 is 2.82 bits per heavy atom. The van der Waals surface area contributed by atoms with E-state index in [4.69, 9.17) is 4.74 Å². The zero-order valence-corrected chi connectivity index (χ0v) is 14.8. The molecule has 0 saturated carbocycles. The number of hydrazone groups is 1. The Bertz CT molecular complexity index is 1150. The van der Waals surface area contributed by atoms with Crippen molar-refractivity contribution in [3.8, 4) is 11.5 Å². The number of phenolic OH excluding ortho intramolecular Hbond substituents is 1. The molecule has 144 valence electrons. The van der Waals surface area contributed by atoms with Crippen molar-refractivity contribution in [2.24, 2.45) is 5.10 Å². The van der Waals surface area contributed by atoms with Crippen LogP contribution in [0.2, 0.25) is 0 Å². The standard InChI is InChI=1S/C16H15N7O5/c1-17-14(25)11-13-21-20-12(16(27)23(13)7-18-11)15(26)22-19-6-8-3-4-9(24)10(5-8)28-2/h3-7,21,24H,1-2H3,(H,17,25)(H,22,26). The number of fused-ring (bicyclic) bond motifs is 1. The van der Waals surface area contributed by atoms with Gasteiger partial charge in [0.25, 0.3) is 17.4 Å². The monoisotopic (exact) mass is 385 g/mol. The Balaban J connectivity index is 1.81. The molecule has 0 spiro atoms. The fraction of sp³-hybridized carbons (Fsp3) is 0.125. The second kappa shape index (κ2) is 7.57. The second-order valence-electron chi connectivity index (χ2n) is 5.40. The van der Waals surface area contributed by atoms with E-state index in [0.717, 1.165) is 10.7 Å². The summed E-state index contributed by atoms with van der Waals surface area (Å²) in [5.41, 5.74) is 1.51. The van der Waals surface area contributed by atoms with Gasteiger partial charge >= 0.3 is 0 Å². The zero-order valence-electron chi connectivity index (χ0n) is 14.8. The number of aromatic amines is 1. The van der Waals surface area contributed by atoms with E-state index in [1.54, 1.807) is 6.07 Å². The van der Waals surface area contributed by atoms with Crippen LogP contribution in [0.5, 0.6) is 11.5 Å². The summed E-state index contributed by atoms with van der Waals surface area (Å²) in [6.45, 7) is 0. The number of ether oxygens (including phenoxy) is 1. The van der Waals surface area contributed by atoms with E-state index in [-0.39, 0.29) is 22.8 Å². The maximum Gasteiger partial charge on any atom is 0.297 e. The van der Waals surface area contributed by atoms with E-state index in [0.29, 0.717) is 5.56 Å². The van der Waals surface area contributed by atoms with Gasteiger partial charge in [0.05, 0.1) is 13.3 Å². The van der Waals surface area contributed by atoms with Gasteiger partial charge in [-0.3, -0.25) is 19.5 Å². The third kappa shape index (κ3) is 3.38. The number of nitrogens with one attached hydrogen (secondary N) is 3. The summed E-state index contributed by atoms with van der Waals surface area (Å²) in [5.74, 6) is -1.17. The molecular formula is C16H15N7O5. The average molecular weight is 385 g/mol. The number of methoxy groups -OCH3 is 1. The minimum atomic E-state index is -0.861. The number of carbonyl (C=O) groups excluding carboxylic acids is 2. The molecule has 3 aromatic rings. The van der Waals surface area contributed by atoms with Crippen molar-refractivity contribution >= 4 is 23.7 Å². The Labute approximate surface area is 156 Å². The van der Waals surface area contributed by atoms with Crippen molar-refractivity contribution in [1.29, 1.82) is 0 Å². The molecule has 2 amide bonds. The Kier molecular flexibility index (Phi) is 5.02. The number of phenols is 1. The van der Waals surface area contributed by atoms with Gasteiger partial charge in [0.15, 0.2) is 22.8 Å². The summed E-state index contributed by atoms with van der Waals surface area (Å²) < 4.78 is 5.98. The van der Waals surface area contributed by atoms with Gasteiger partial charge in [-0.15, -0.1) is 0 Å². The topological polar surface area (TPSA) is 163 Å². The van der Waals surface area contributed by atoms with Crippen LogP contribution in [0.3, 0.4) is 0 Å². The quantitative estimate of drug-likeness (QED) is 0.332. The van der Waals surface area contributed by atoms with Crippen LogP contribution < -0.4 is 21.0 Å². The number of imidazole rings is 1. The van der Waals surface area contributed by atoms with Gasteiger partial charge in [-0.05, 0) is 23.8 Å². The fourth-order valence-electron chi connectivity index (χ4n) is 2.31. The second-order valence-corrected chi connectivity index (χ2v) is 5.40. The maximum absolute atomic E-state index is 12.4. The van der Waals surface area contributed by atoms with Crippen LogP contribution in [0.1, 0.15) is 26.5 Å². The van der Waals surface area contributed by atoms with Crippen molar-refractivity contribution in [1.82, 2.24) is 30.3 Å². The van der Waals surface area contributed by atoms with Gasteiger partial charge in [0.2, 0.25) is 5.69 Å². The van der Waals surface area contributed by atoms with Crippen molar-refractivity contribution < 1.29 is 19.4 Å². The van der Waals surface area contributed by atoms with Crippen LogP contribution in [0, 0.1) is 0 Å². The SMILES string of the molecule is CNC(=O)c1ncn2c(=O)c(C(=O)NN=Cc3ccc(O)c(OC)c3)n[nH]c12. The van der Waals surface area contributed by atoms with E-state index < -0.39 is 23.1 Å². The van der Waals surface area contributed by atoms with Gasteiger partial charge in [0.1, 0.15) is 6.33 Å². The molecule has 2 heterocycles. The van der Waals surface area contributed by atoms with Crippen LogP contribution in [0.15, 0.2) is 34.4 Å². The number of nitrogens with zero attached hydrogens (tertiary/aromatic N) is 4. The molecule has 0 unspecified atom stereocenters. The summed E-state index contributed by atoms with van der Waals surface area (Å²) in [6, 6.07) is 4.47. The van der Waals surface area contributed by atoms with Crippen LogP contribution in [0.25, 0.3) is 5.65 Å². The number of amides is 2. The first-order chi connectivity index (χ1) is 13.5. The first kappa shape index (κ1) is 18.6. The number of hydrogen-bond donors (Lipinski definition) is 4. The van der Waals surface area contributed by atoms with Crippen molar-refractivity contribution in [2.75, 3.05) is 14.2 Å². The van der Waals surface area contributed by atoms with Crippen molar-refractivity contribution in [2.45, 2.75) is 0 Å². The molecule has 0 aliphatic rings. The minimum absolute atomic E-state index is 0.0293. The normalized spacial score (nSPS) is 10.9. The number of H-pyrrole nitrogens is 1. The van der Waals surface area contributed by atoms with Gasteiger partial charge in [0, 0.05) is 7.05 Å². The van der Waals surface area contributed by atoms with Crippen LogP contribution in [-0.2, 0) is 0 Å². The zero-order chi connectivity index (χ0) is 20.3. The molecule has 12 heteroatoms. The van der Waals surface area contributed by atoms with E-state index >= 15 is 0 Å². The molecule has 12 nitrogen and oxygen atoms in total. The van der Waals surface area contributed by atoms with Gasteiger partial charge in [-0.25, -0.2) is 14.8 Å². The number of aromatic hydroxyl groups is 1. The Hall–Kier alpha value is -4.22. The average Bonchev–Trinajstić information content (AvgIpc) is 3.13. The molecule has 3 rings (SSSR count). The van der Waals surface area contributed by atoms with Gasteiger partial charge in [-0.2, -0.15) is 10.2 Å². The first-order valence-electron chi connectivity index (χ1n) is 7.84. The summed E-state index contributed by atoms with van der Waals surface area (Å²) in [7, 11) is 2.82. The predicted octanol–water partition coefficient (Wildman–Crippen LogP) is -0.745. The number of benzene rings is 1. The lowest BCUT2D eigenvalue weighted by molar-refractivity contribution is 0.0944. The maximum atomic E-state index is 12.4. The van der Waals surface area contributed by atoms with Crippen LogP contribution in [-0.4, -0.2) is 56.9 Å². The van der Waals surface area contributed by atoms with Crippen molar-refractivity contribution in [3.63, 3.8) is 0 Å². The van der Waals surface area contributed by atoms with E-state index in [1.165, 1.54) is 32.5 Å². The molecule has 0 aliphatic carbocycles. The number of rotatable bonds is 5. The van der Waals surface area contributed by atoms with Crippen LogP contribution in [0.4, 0.5) is 0 Å². The molecule has 0 bridgehead atoms. The van der Waals surface area contributed by atoms with E-state index in [9.17, 15) is 19.5 Å². The predicted molar refractivity (Wildman–Crippen MR) is 96.7 cm³/mol. The Morgan fingerprint density at radius 1 is 1.32 bits per heavy atom.